The lowest BCUT2D eigenvalue weighted by Gasteiger charge is -2.25. The number of aryl methyl sites for hydroxylation is 3. The van der Waals surface area contributed by atoms with E-state index < -0.39 is 0 Å². The van der Waals surface area contributed by atoms with Gasteiger partial charge in [0.1, 0.15) is 29.2 Å². The van der Waals surface area contributed by atoms with Gasteiger partial charge in [-0.1, -0.05) is 87.5 Å². The molecule has 2 aromatic heterocycles. The summed E-state index contributed by atoms with van der Waals surface area (Å²) in [7, 11) is 2.15. The summed E-state index contributed by atoms with van der Waals surface area (Å²) in [4.78, 5) is 0. The highest BCUT2D eigenvalue weighted by atomic mass is 16.3. The van der Waals surface area contributed by atoms with Gasteiger partial charge in [0, 0.05) is 17.2 Å². The Morgan fingerprint density at radius 1 is 0.846 bits per heavy atom. The fraction of sp³-hybridized carbons (Fsp3) is 0.250. The molecule has 0 aliphatic carbocycles. The number of fused-ring (bicyclic) bond motifs is 3. The smallest absolute Gasteiger partial charge is 0.294 e. The molecule has 6 aromatic rings. The average Bonchev–Trinajstić information content (AvgIpc) is 3.49. The Morgan fingerprint density at radius 3 is 2.31 bits per heavy atom. The van der Waals surface area contributed by atoms with E-state index in [4.69, 9.17) is 4.42 Å². The third kappa shape index (κ3) is 4.27. The van der Waals surface area contributed by atoms with Gasteiger partial charge >= 0.3 is 0 Å². The van der Waals surface area contributed by atoms with Crippen molar-refractivity contribution in [3.8, 4) is 17.1 Å². The van der Waals surface area contributed by atoms with Crippen LogP contribution in [0.1, 0.15) is 55.0 Å². The first-order valence-corrected chi connectivity index (χ1v) is 13.9. The molecule has 2 heterocycles. The van der Waals surface area contributed by atoms with Crippen molar-refractivity contribution in [1.82, 2.24) is 4.57 Å². The van der Waals surface area contributed by atoms with E-state index in [9.17, 15) is 0 Å². The maximum Gasteiger partial charge on any atom is 0.294 e. The van der Waals surface area contributed by atoms with Crippen LogP contribution in [0.5, 0.6) is 0 Å². The van der Waals surface area contributed by atoms with Crippen molar-refractivity contribution in [1.29, 1.82) is 0 Å². The summed E-state index contributed by atoms with van der Waals surface area (Å²) in [6, 6.07) is 28.4. The van der Waals surface area contributed by atoms with E-state index in [1.54, 1.807) is 0 Å². The number of hydrogen-bond donors (Lipinski definition) is 0. The van der Waals surface area contributed by atoms with Crippen LogP contribution in [0.2, 0.25) is 0 Å². The molecule has 196 valence electrons. The predicted molar refractivity (Wildman–Crippen MR) is 162 cm³/mol. The van der Waals surface area contributed by atoms with Gasteiger partial charge in [0.25, 0.3) is 5.82 Å². The summed E-state index contributed by atoms with van der Waals surface area (Å²) < 4.78 is 10.9. The van der Waals surface area contributed by atoms with E-state index >= 15 is 0 Å². The molecule has 0 saturated carbocycles. The fourth-order valence-corrected chi connectivity index (χ4v) is 6.13. The Bertz CT molecular complexity index is 1810. The normalized spacial score (nSPS) is 12.1. The number of imidazole rings is 1. The summed E-state index contributed by atoms with van der Waals surface area (Å²) in [5, 5.41) is 2.36. The molecule has 0 fully saturated rings. The summed E-state index contributed by atoms with van der Waals surface area (Å²) >= 11 is 0. The highest BCUT2D eigenvalue weighted by Crippen LogP contribution is 2.36. The number of benzene rings is 4. The SMILES string of the molecule is CCC(C)(C)c1ccccc1-c1n(-c2c(C)cc(Cc3cccc4c3oc3ccccc34)cc2C)cc[n+]1C. The molecule has 4 aromatic carbocycles. The standard InChI is InChI=1S/C36H37N2O/c1-7-36(4,5)31-17-10-8-15-30(31)35-37(6)19-20-38(35)33-24(2)21-26(22-25(33)3)23-27-13-12-16-29-28-14-9-11-18-32(28)39-34(27)29/h8-22H,7,23H2,1-6H3/q+1. The van der Waals surface area contributed by atoms with Crippen LogP contribution in [0.25, 0.3) is 39.0 Å². The topological polar surface area (TPSA) is 21.9 Å². The lowest BCUT2D eigenvalue weighted by Crippen LogP contribution is -2.30. The lowest BCUT2D eigenvalue weighted by molar-refractivity contribution is -0.659. The summed E-state index contributed by atoms with van der Waals surface area (Å²) in [5.41, 5.74) is 11.0. The minimum atomic E-state index is 0.0876. The summed E-state index contributed by atoms with van der Waals surface area (Å²) in [5.74, 6) is 1.21. The average molecular weight is 514 g/mol. The Hall–Kier alpha value is -4.11. The number of nitrogens with zero attached hydrogens (tertiary/aromatic N) is 2. The molecule has 3 heteroatoms. The summed E-state index contributed by atoms with van der Waals surface area (Å²) in [6.07, 6.45) is 6.29. The largest absolute Gasteiger partial charge is 0.456 e. The second-order valence-electron chi connectivity index (χ2n) is 11.5. The molecule has 0 N–H and O–H groups in total. The lowest BCUT2D eigenvalue weighted by atomic mass is 9.79. The Kier molecular flexibility index (Phi) is 6.18. The Balaban J connectivity index is 1.43. The maximum atomic E-state index is 6.32. The molecular weight excluding hydrogens is 476 g/mol. The zero-order valence-electron chi connectivity index (χ0n) is 23.9. The molecule has 0 amide bonds. The van der Waals surface area contributed by atoms with Gasteiger partial charge in [-0.2, -0.15) is 4.57 Å². The molecule has 0 aliphatic heterocycles. The molecule has 0 aliphatic rings. The molecule has 0 bridgehead atoms. The molecule has 0 spiro atoms. The third-order valence-corrected chi connectivity index (χ3v) is 8.45. The zero-order chi connectivity index (χ0) is 27.3. The zero-order valence-corrected chi connectivity index (χ0v) is 23.9. The highest BCUT2D eigenvalue weighted by Gasteiger charge is 2.29. The highest BCUT2D eigenvalue weighted by molar-refractivity contribution is 6.05. The minimum Gasteiger partial charge on any atom is -0.456 e. The van der Waals surface area contributed by atoms with Gasteiger partial charge in [-0.15, -0.1) is 0 Å². The van der Waals surface area contributed by atoms with Crippen LogP contribution < -0.4 is 4.57 Å². The van der Waals surface area contributed by atoms with Gasteiger partial charge in [0.15, 0.2) is 0 Å². The minimum absolute atomic E-state index is 0.0876. The first kappa shape index (κ1) is 25.2. The molecule has 0 radical (unpaired) electrons. The number of aromatic nitrogens is 2. The number of furan rings is 1. The van der Waals surface area contributed by atoms with Crippen LogP contribution in [0.15, 0.2) is 95.7 Å². The quantitative estimate of drug-likeness (QED) is 0.204. The van der Waals surface area contributed by atoms with Crippen molar-refractivity contribution >= 4 is 21.9 Å². The van der Waals surface area contributed by atoms with Crippen molar-refractivity contribution in [3.05, 3.63) is 119 Å². The number of rotatable bonds is 6. The van der Waals surface area contributed by atoms with Crippen molar-refractivity contribution in [3.63, 3.8) is 0 Å². The van der Waals surface area contributed by atoms with E-state index in [1.165, 1.54) is 55.7 Å². The monoisotopic (exact) mass is 513 g/mol. The number of hydrogen-bond acceptors (Lipinski definition) is 1. The van der Waals surface area contributed by atoms with Crippen LogP contribution in [0, 0.1) is 13.8 Å². The van der Waals surface area contributed by atoms with Gasteiger partial charge < -0.3 is 4.42 Å². The van der Waals surface area contributed by atoms with Crippen LogP contribution in [-0.4, -0.2) is 4.57 Å². The molecular formula is C36H37N2O+. The van der Waals surface area contributed by atoms with E-state index in [2.05, 4.69) is 136 Å². The van der Waals surface area contributed by atoms with Crippen LogP contribution in [-0.2, 0) is 18.9 Å². The third-order valence-electron chi connectivity index (χ3n) is 8.45. The second-order valence-corrected chi connectivity index (χ2v) is 11.5. The van der Waals surface area contributed by atoms with E-state index in [1.807, 2.05) is 6.07 Å². The summed E-state index contributed by atoms with van der Waals surface area (Å²) in [6.45, 7) is 11.4. The van der Waals surface area contributed by atoms with Crippen LogP contribution >= 0.6 is 0 Å². The van der Waals surface area contributed by atoms with E-state index in [0.717, 1.165) is 24.0 Å². The first-order chi connectivity index (χ1) is 18.8. The van der Waals surface area contributed by atoms with Crippen molar-refractivity contribution in [2.75, 3.05) is 0 Å². The fourth-order valence-electron chi connectivity index (χ4n) is 6.13. The second kappa shape index (κ2) is 9.57. The molecule has 0 unspecified atom stereocenters. The maximum absolute atomic E-state index is 6.32. The first-order valence-electron chi connectivity index (χ1n) is 13.9. The van der Waals surface area contributed by atoms with Gasteiger partial charge in [0.2, 0.25) is 0 Å². The van der Waals surface area contributed by atoms with Gasteiger partial charge in [-0.05, 0) is 65.6 Å². The van der Waals surface area contributed by atoms with Gasteiger partial charge in [0.05, 0.1) is 12.6 Å². The number of para-hydroxylation sites is 2. The molecule has 0 saturated heterocycles. The molecule has 39 heavy (non-hydrogen) atoms. The van der Waals surface area contributed by atoms with E-state index in [0.29, 0.717) is 0 Å². The Morgan fingerprint density at radius 2 is 1.54 bits per heavy atom. The van der Waals surface area contributed by atoms with Crippen molar-refractivity contribution < 1.29 is 8.98 Å². The van der Waals surface area contributed by atoms with Crippen LogP contribution in [0.3, 0.4) is 0 Å². The van der Waals surface area contributed by atoms with Crippen LogP contribution in [0.4, 0.5) is 0 Å². The van der Waals surface area contributed by atoms with Gasteiger partial charge in [-0.25, -0.2) is 4.57 Å². The molecule has 0 atom stereocenters. The van der Waals surface area contributed by atoms with Crippen molar-refractivity contribution in [2.24, 2.45) is 7.05 Å². The molecule has 3 nitrogen and oxygen atoms in total. The van der Waals surface area contributed by atoms with E-state index in [-0.39, 0.29) is 5.41 Å². The Labute approximate surface area is 231 Å². The van der Waals surface area contributed by atoms with Gasteiger partial charge in [-0.3, -0.25) is 0 Å². The van der Waals surface area contributed by atoms with Crippen molar-refractivity contribution in [2.45, 2.75) is 52.9 Å². The predicted octanol–water partition coefficient (Wildman–Crippen LogP) is 8.76. The molecule has 6 rings (SSSR count).